The molecule has 1 aliphatic heterocycles. The van der Waals surface area contributed by atoms with Gasteiger partial charge < -0.3 is 19.9 Å². The molecule has 1 atom stereocenters. The number of anilines is 1. The molecule has 3 heterocycles. The average Bonchev–Trinajstić information content (AvgIpc) is 3.22. The predicted octanol–water partition coefficient (Wildman–Crippen LogP) is 4.40. The summed E-state index contributed by atoms with van der Waals surface area (Å²) >= 11 is 6.00. The Kier molecular flexibility index (Phi) is 6.84. The van der Waals surface area contributed by atoms with Crippen molar-refractivity contribution in [3.05, 3.63) is 87.8 Å². The number of aryl methyl sites for hydroxylation is 2. The highest BCUT2D eigenvalue weighted by Crippen LogP contribution is 2.26. The van der Waals surface area contributed by atoms with Crippen molar-refractivity contribution in [1.82, 2.24) is 15.3 Å². The largest absolute Gasteiger partial charge is 0.481 e. The Balaban J connectivity index is 1.54. The zero-order valence-electron chi connectivity index (χ0n) is 20.5. The van der Waals surface area contributed by atoms with E-state index in [-0.39, 0.29) is 30.5 Å². The molecule has 1 aliphatic rings. The summed E-state index contributed by atoms with van der Waals surface area (Å²) in [5.74, 6) is -0.589. The molecular formula is C28H26ClFN4O3. The molecule has 37 heavy (non-hydrogen) atoms. The maximum Gasteiger partial charge on any atom is 0.249 e. The Labute approximate surface area is 218 Å². The van der Waals surface area contributed by atoms with Gasteiger partial charge in [0.1, 0.15) is 11.9 Å². The molecule has 2 amide bonds. The lowest BCUT2D eigenvalue weighted by atomic mass is 9.97. The molecule has 0 spiro atoms. The number of hydrogen-bond donors (Lipinski definition) is 2. The van der Waals surface area contributed by atoms with Gasteiger partial charge in [-0.15, -0.1) is 0 Å². The summed E-state index contributed by atoms with van der Waals surface area (Å²) in [6.07, 6.45) is 1.32. The normalized spacial score (nSPS) is 15.8. The molecule has 9 heteroatoms. The van der Waals surface area contributed by atoms with Crippen LogP contribution in [-0.4, -0.2) is 42.0 Å². The molecule has 2 aromatic carbocycles. The van der Waals surface area contributed by atoms with Crippen molar-refractivity contribution in [3.8, 4) is 5.88 Å². The van der Waals surface area contributed by atoms with Gasteiger partial charge in [-0.25, -0.2) is 9.37 Å². The van der Waals surface area contributed by atoms with Crippen LogP contribution in [0.2, 0.25) is 5.02 Å². The molecule has 0 aliphatic carbocycles. The number of halogens is 2. The van der Waals surface area contributed by atoms with Crippen LogP contribution >= 0.6 is 11.6 Å². The lowest BCUT2D eigenvalue weighted by Gasteiger charge is -2.25. The second-order valence-corrected chi connectivity index (χ2v) is 9.61. The van der Waals surface area contributed by atoms with Crippen LogP contribution in [0.4, 0.5) is 10.1 Å². The van der Waals surface area contributed by atoms with Crippen molar-refractivity contribution in [2.24, 2.45) is 0 Å². The zero-order chi connectivity index (χ0) is 26.1. The summed E-state index contributed by atoms with van der Waals surface area (Å²) in [6.45, 7) is 0. The molecule has 2 N–H and O–H groups in total. The van der Waals surface area contributed by atoms with Crippen LogP contribution in [0.1, 0.15) is 22.4 Å². The molecule has 0 saturated heterocycles. The molecule has 2 bridgehead atoms. The van der Waals surface area contributed by atoms with Gasteiger partial charge in [0.2, 0.25) is 17.7 Å². The number of amides is 2. The quantitative estimate of drug-likeness (QED) is 0.419. The molecule has 7 nitrogen and oxygen atoms in total. The summed E-state index contributed by atoms with van der Waals surface area (Å²) in [7, 11) is 3.17. The summed E-state index contributed by atoms with van der Waals surface area (Å²) in [6, 6.07) is 14.4. The van der Waals surface area contributed by atoms with Crippen LogP contribution in [0, 0.1) is 5.82 Å². The standard InChI is InChI=1S/C28H26ClFN4O3/c1-34(20-6-4-18(29)5-7-20)28(36)24-14-17-11-16(12-19(30)13-17)3-8-22-21(15-25(35)32-24)27-23(31-22)9-10-26(33-27)37-2/h4-7,9-13,24,31H,3,8,14-15H2,1-2H3,(H,32,35)/t24-/m0/s1. The summed E-state index contributed by atoms with van der Waals surface area (Å²) in [5, 5.41) is 3.45. The minimum Gasteiger partial charge on any atom is -0.481 e. The molecule has 2 aromatic heterocycles. The van der Waals surface area contributed by atoms with Gasteiger partial charge in [-0.3, -0.25) is 9.59 Å². The second kappa shape index (κ2) is 10.2. The van der Waals surface area contributed by atoms with Crippen LogP contribution in [0.3, 0.4) is 0 Å². The molecular weight excluding hydrogens is 495 g/mol. The van der Waals surface area contributed by atoms with E-state index in [2.05, 4.69) is 15.3 Å². The molecule has 0 unspecified atom stereocenters. The van der Waals surface area contributed by atoms with Crippen LogP contribution < -0.4 is 15.0 Å². The fourth-order valence-electron chi connectivity index (χ4n) is 4.79. The topological polar surface area (TPSA) is 87.3 Å². The Morgan fingerprint density at radius 2 is 1.86 bits per heavy atom. The van der Waals surface area contributed by atoms with Crippen molar-refractivity contribution in [2.75, 3.05) is 19.1 Å². The number of pyridine rings is 1. The van der Waals surface area contributed by atoms with E-state index in [0.29, 0.717) is 40.5 Å². The Hall–Kier alpha value is -3.91. The van der Waals surface area contributed by atoms with Gasteiger partial charge >= 0.3 is 0 Å². The van der Waals surface area contributed by atoms with E-state index in [1.54, 1.807) is 37.4 Å². The summed E-state index contributed by atoms with van der Waals surface area (Å²) < 4.78 is 19.9. The third-order valence-electron chi connectivity index (χ3n) is 6.65. The van der Waals surface area contributed by atoms with E-state index in [1.807, 2.05) is 12.1 Å². The van der Waals surface area contributed by atoms with E-state index in [1.165, 1.54) is 24.1 Å². The first-order chi connectivity index (χ1) is 17.8. The lowest BCUT2D eigenvalue weighted by Crippen LogP contribution is -2.49. The van der Waals surface area contributed by atoms with Gasteiger partial charge in [0.05, 0.1) is 24.6 Å². The number of methoxy groups -OCH3 is 1. The molecule has 5 rings (SSSR count). The minimum atomic E-state index is -0.904. The van der Waals surface area contributed by atoms with Crippen LogP contribution in [0.25, 0.3) is 11.0 Å². The minimum absolute atomic E-state index is 0.0340. The molecule has 4 aromatic rings. The van der Waals surface area contributed by atoms with Crippen LogP contribution in [0.15, 0.2) is 54.6 Å². The van der Waals surface area contributed by atoms with Gasteiger partial charge in [0.25, 0.3) is 0 Å². The number of carbonyl (C=O) groups excluding carboxylic acids is 2. The number of aromatic nitrogens is 2. The van der Waals surface area contributed by atoms with Crippen molar-refractivity contribution < 1.29 is 18.7 Å². The number of aromatic amines is 1. The number of likely N-dealkylation sites (N-methyl/N-ethyl adjacent to an activating group) is 1. The number of carbonyl (C=O) groups is 2. The van der Waals surface area contributed by atoms with Gasteiger partial charge in [0, 0.05) is 41.5 Å². The number of hydrogen-bond acceptors (Lipinski definition) is 4. The van der Waals surface area contributed by atoms with E-state index in [0.717, 1.165) is 22.3 Å². The number of ether oxygens (including phenoxy) is 1. The second-order valence-electron chi connectivity index (χ2n) is 9.17. The van der Waals surface area contributed by atoms with Gasteiger partial charge in [-0.05, 0) is 66.4 Å². The zero-order valence-corrected chi connectivity index (χ0v) is 21.2. The highest BCUT2D eigenvalue weighted by atomic mass is 35.5. The number of rotatable bonds is 3. The number of fused-ring (bicyclic) bond motifs is 5. The third-order valence-corrected chi connectivity index (χ3v) is 6.90. The van der Waals surface area contributed by atoms with E-state index >= 15 is 0 Å². The number of benzene rings is 2. The maximum absolute atomic E-state index is 14.6. The number of nitrogens with zero attached hydrogens (tertiary/aromatic N) is 2. The fraction of sp³-hybridized carbons (Fsp3) is 0.250. The van der Waals surface area contributed by atoms with Crippen molar-refractivity contribution in [2.45, 2.75) is 31.7 Å². The maximum atomic E-state index is 14.6. The summed E-state index contributed by atoms with van der Waals surface area (Å²) in [5.41, 5.74) is 5.09. The van der Waals surface area contributed by atoms with Gasteiger partial charge in [-0.1, -0.05) is 17.7 Å². The van der Waals surface area contributed by atoms with Crippen molar-refractivity contribution >= 4 is 40.1 Å². The third kappa shape index (κ3) is 5.29. The van der Waals surface area contributed by atoms with Crippen LogP contribution in [-0.2, 0) is 35.3 Å². The smallest absolute Gasteiger partial charge is 0.249 e. The molecule has 0 saturated carbocycles. The van der Waals surface area contributed by atoms with E-state index in [4.69, 9.17) is 16.3 Å². The first-order valence-electron chi connectivity index (χ1n) is 12.0. The Bertz CT molecular complexity index is 1490. The number of nitrogens with one attached hydrogen (secondary N) is 2. The van der Waals surface area contributed by atoms with Crippen molar-refractivity contribution in [3.63, 3.8) is 0 Å². The van der Waals surface area contributed by atoms with E-state index in [9.17, 15) is 14.0 Å². The van der Waals surface area contributed by atoms with E-state index < -0.39 is 6.04 Å². The highest BCUT2D eigenvalue weighted by Gasteiger charge is 2.27. The molecule has 0 radical (unpaired) electrons. The summed E-state index contributed by atoms with van der Waals surface area (Å²) in [4.78, 5) is 36.3. The number of H-pyrrole nitrogens is 1. The molecule has 190 valence electrons. The monoisotopic (exact) mass is 520 g/mol. The van der Waals surface area contributed by atoms with Gasteiger partial charge in [0.15, 0.2) is 0 Å². The van der Waals surface area contributed by atoms with Crippen LogP contribution in [0.5, 0.6) is 5.88 Å². The predicted molar refractivity (Wildman–Crippen MR) is 141 cm³/mol. The van der Waals surface area contributed by atoms with Gasteiger partial charge in [-0.2, -0.15) is 0 Å². The van der Waals surface area contributed by atoms with Crippen molar-refractivity contribution in [1.29, 1.82) is 0 Å². The fourth-order valence-corrected chi connectivity index (χ4v) is 4.91. The highest BCUT2D eigenvalue weighted by molar-refractivity contribution is 6.30. The first kappa shape index (κ1) is 24.8. The Morgan fingerprint density at radius 3 is 2.62 bits per heavy atom. The SMILES string of the molecule is COc1ccc2[nH]c3c(c2n1)CC(=O)N[C@H](C(=O)N(C)c1ccc(Cl)cc1)Cc1cc(F)cc(c1)CC3. The average molecular weight is 521 g/mol. The Morgan fingerprint density at radius 1 is 1.11 bits per heavy atom. The lowest BCUT2D eigenvalue weighted by molar-refractivity contribution is -0.127. The molecule has 0 fully saturated rings. The first-order valence-corrected chi connectivity index (χ1v) is 12.3.